The van der Waals surface area contributed by atoms with Gasteiger partial charge in [0.1, 0.15) is 0 Å². The van der Waals surface area contributed by atoms with Gasteiger partial charge in [0, 0.05) is 26.8 Å². The number of guanidine groups is 1. The van der Waals surface area contributed by atoms with Crippen molar-refractivity contribution in [1.82, 2.24) is 10.6 Å². The van der Waals surface area contributed by atoms with Crippen LogP contribution in [0, 0.1) is 0 Å². The smallest absolute Gasteiger partial charge is 0.191 e. The van der Waals surface area contributed by atoms with Gasteiger partial charge >= 0.3 is 0 Å². The fourth-order valence-corrected chi connectivity index (χ4v) is 1.92. The Morgan fingerprint density at radius 3 is 2.54 bits per heavy atom. The van der Waals surface area contributed by atoms with Gasteiger partial charge in [-0.2, -0.15) is 0 Å². The molecule has 0 unspecified atom stereocenters. The highest BCUT2D eigenvalue weighted by Gasteiger charge is 2.04. The zero-order chi connectivity index (χ0) is 16.9. The summed E-state index contributed by atoms with van der Waals surface area (Å²) < 4.78 is 15.6. The summed E-state index contributed by atoms with van der Waals surface area (Å²) in [6, 6.07) is 5.78. The van der Waals surface area contributed by atoms with E-state index >= 15 is 0 Å². The average molecular weight is 449 g/mol. The Labute approximate surface area is 161 Å². The molecule has 6 nitrogen and oxygen atoms in total. The second-order valence-corrected chi connectivity index (χ2v) is 4.80. The zero-order valence-corrected chi connectivity index (χ0v) is 17.0. The second kappa shape index (κ2) is 13.9. The SMILES string of the molecule is C=CCNC(=NCc1ccc(OC)c(OC)c1)NCCCOC.I. The lowest BCUT2D eigenvalue weighted by Gasteiger charge is -2.12. The quantitative estimate of drug-likeness (QED) is 0.189. The van der Waals surface area contributed by atoms with Gasteiger partial charge in [0.15, 0.2) is 17.5 Å². The van der Waals surface area contributed by atoms with Gasteiger partial charge in [-0.05, 0) is 24.1 Å². The van der Waals surface area contributed by atoms with E-state index in [-0.39, 0.29) is 24.0 Å². The van der Waals surface area contributed by atoms with Crippen LogP contribution in [0.2, 0.25) is 0 Å². The monoisotopic (exact) mass is 449 g/mol. The largest absolute Gasteiger partial charge is 0.493 e. The Kier molecular flexibility index (Phi) is 13.1. The molecule has 0 aliphatic rings. The Bertz CT molecular complexity index is 510. The fraction of sp³-hybridized carbons (Fsp3) is 0.471. The van der Waals surface area contributed by atoms with Crippen molar-refractivity contribution >= 4 is 29.9 Å². The van der Waals surface area contributed by atoms with Crippen LogP contribution in [0.15, 0.2) is 35.8 Å². The number of ether oxygens (including phenoxy) is 3. The Balaban J connectivity index is 0.00000529. The molecule has 7 heteroatoms. The first-order valence-corrected chi connectivity index (χ1v) is 7.58. The van der Waals surface area contributed by atoms with Crippen LogP contribution in [-0.4, -0.2) is 47.0 Å². The number of nitrogens with one attached hydrogen (secondary N) is 2. The number of nitrogens with zero attached hydrogens (tertiary/aromatic N) is 1. The molecule has 0 saturated carbocycles. The van der Waals surface area contributed by atoms with E-state index in [2.05, 4.69) is 22.2 Å². The molecule has 0 amide bonds. The van der Waals surface area contributed by atoms with Crippen LogP contribution < -0.4 is 20.1 Å². The van der Waals surface area contributed by atoms with E-state index in [1.165, 1.54) is 0 Å². The highest BCUT2D eigenvalue weighted by atomic mass is 127. The van der Waals surface area contributed by atoms with Gasteiger partial charge in [-0.3, -0.25) is 0 Å². The van der Waals surface area contributed by atoms with Gasteiger partial charge < -0.3 is 24.8 Å². The van der Waals surface area contributed by atoms with Crippen LogP contribution in [0.4, 0.5) is 0 Å². The van der Waals surface area contributed by atoms with Crippen molar-refractivity contribution in [1.29, 1.82) is 0 Å². The van der Waals surface area contributed by atoms with Crippen molar-refractivity contribution in [3.05, 3.63) is 36.4 Å². The van der Waals surface area contributed by atoms with Crippen LogP contribution >= 0.6 is 24.0 Å². The Morgan fingerprint density at radius 2 is 1.92 bits per heavy atom. The normalized spacial score (nSPS) is 10.5. The minimum Gasteiger partial charge on any atom is -0.493 e. The standard InChI is InChI=1S/C17H27N3O3.HI/c1-5-9-18-17(19-10-6-11-21-2)20-13-14-7-8-15(22-3)16(12-14)23-4;/h5,7-8,12H,1,6,9-11,13H2,2-4H3,(H2,18,19,20);1H. The number of aliphatic imine (C=N–C) groups is 1. The molecule has 0 saturated heterocycles. The molecule has 0 atom stereocenters. The van der Waals surface area contributed by atoms with Crippen molar-refractivity contribution < 1.29 is 14.2 Å². The van der Waals surface area contributed by atoms with Gasteiger partial charge in [-0.15, -0.1) is 30.6 Å². The molecule has 0 aliphatic heterocycles. The molecule has 0 radical (unpaired) electrons. The van der Waals surface area contributed by atoms with Gasteiger partial charge in [-0.25, -0.2) is 4.99 Å². The predicted octanol–water partition coefficient (Wildman–Crippen LogP) is 2.58. The van der Waals surface area contributed by atoms with E-state index in [4.69, 9.17) is 14.2 Å². The summed E-state index contributed by atoms with van der Waals surface area (Å²) >= 11 is 0. The van der Waals surface area contributed by atoms with E-state index in [9.17, 15) is 0 Å². The number of rotatable bonds is 10. The third-order valence-electron chi connectivity index (χ3n) is 3.10. The van der Waals surface area contributed by atoms with Gasteiger partial charge in [0.2, 0.25) is 0 Å². The van der Waals surface area contributed by atoms with Gasteiger partial charge in [0.05, 0.1) is 20.8 Å². The fourth-order valence-electron chi connectivity index (χ4n) is 1.92. The molecule has 1 rings (SSSR count). The van der Waals surface area contributed by atoms with Crippen LogP contribution in [0.3, 0.4) is 0 Å². The third kappa shape index (κ3) is 8.39. The lowest BCUT2D eigenvalue weighted by Crippen LogP contribution is -2.38. The minimum atomic E-state index is 0. The molecule has 1 aromatic carbocycles. The molecule has 0 aliphatic carbocycles. The number of halogens is 1. The maximum Gasteiger partial charge on any atom is 0.191 e. The average Bonchev–Trinajstić information content (AvgIpc) is 2.59. The van der Waals surface area contributed by atoms with Crippen LogP contribution in [0.1, 0.15) is 12.0 Å². The Morgan fingerprint density at radius 1 is 1.17 bits per heavy atom. The summed E-state index contributed by atoms with van der Waals surface area (Å²) in [5.41, 5.74) is 1.04. The number of methoxy groups -OCH3 is 3. The van der Waals surface area contributed by atoms with E-state index < -0.39 is 0 Å². The van der Waals surface area contributed by atoms with E-state index in [0.717, 1.165) is 31.1 Å². The molecule has 0 bridgehead atoms. The maximum absolute atomic E-state index is 5.31. The second-order valence-electron chi connectivity index (χ2n) is 4.80. The summed E-state index contributed by atoms with van der Waals surface area (Å²) in [6.45, 7) is 6.41. The molecule has 1 aromatic rings. The van der Waals surface area contributed by atoms with Crippen molar-refractivity contribution in [3.63, 3.8) is 0 Å². The van der Waals surface area contributed by atoms with Crippen LogP contribution in [-0.2, 0) is 11.3 Å². The molecule has 0 fully saturated rings. The molecular weight excluding hydrogens is 421 g/mol. The highest BCUT2D eigenvalue weighted by molar-refractivity contribution is 14.0. The van der Waals surface area contributed by atoms with Gasteiger partial charge in [0.25, 0.3) is 0 Å². The molecule has 24 heavy (non-hydrogen) atoms. The molecule has 136 valence electrons. The predicted molar refractivity (Wildman–Crippen MR) is 109 cm³/mol. The molecule has 2 N–H and O–H groups in total. The lowest BCUT2D eigenvalue weighted by molar-refractivity contribution is 0.195. The summed E-state index contributed by atoms with van der Waals surface area (Å²) in [4.78, 5) is 4.57. The van der Waals surface area contributed by atoms with Crippen molar-refractivity contribution in [2.24, 2.45) is 4.99 Å². The number of hydrogen-bond acceptors (Lipinski definition) is 4. The summed E-state index contributed by atoms with van der Waals surface area (Å²) in [5, 5.41) is 6.46. The molecule has 0 heterocycles. The minimum absolute atomic E-state index is 0. The summed E-state index contributed by atoms with van der Waals surface area (Å²) in [5.74, 6) is 2.16. The van der Waals surface area contributed by atoms with Crippen molar-refractivity contribution in [3.8, 4) is 11.5 Å². The van der Waals surface area contributed by atoms with Gasteiger partial charge in [-0.1, -0.05) is 12.1 Å². The first-order valence-electron chi connectivity index (χ1n) is 7.58. The number of hydrogen-bond donors (Lipinski definition) is 2. The van der Waals surface area contributed by atoms with E-state index in [1.54, 1.807) is 27.4 Å². The van der Waals surface area contributed by atoms with Crippen molar-refractivity contribution in [2.45, 2.75) is 13.0 Å². The van der Waals surface area contributed by atoms with Crippen molar-refractivity contribution in [2.75, 3.05) is 41.0 Å². The zero-order valence-electron chi connectivity index (χ0n) is 14.6. The molecule has 0 aromatic heterocycles. The molecule has 0 spiro atoms. The van der Waals surface area contributed by atoms with Crippen LogP contribution in [0.25, 0.3) is 0 Å². The summed E-state index contributed by atoms with van der Waals surface area (Å²) in [7, 11) is 4.94. The maximum atomic E-state index is 5.31. The van der Waals surface area contributed by atoms with Crippen LogP contribution in [0.5, 0.6) is 11.5 Å². The topological polar surface area (TPSA) is 64.1 Å². The third-order valence-corrected chi connectivity index (χ3v) is 3.10. The Hall–Kier alpha value is -1.48. The molecular formula is C17H28IN3O3. The lowest BCUT2D eigenvalue weighted by atomic mass is 10.2. The van der Waals surface area contributed by atoms with E-state index in [0.29, 0.717) is 24.6 Å². The number of benzene rings is 1. The first-order chi connectivity index (χ1) is 11.2. The first kappa shape index (κ1) is 22.5. The highest BCUT2D eigenvalue weighted by Crippen LogP contribution is 2.27. The van der Waals surface area contributed by atoms with E-state index in [1.807, 2.05) is 18.2 Å². The summed E-state index contributed by atoms with van der Waals surface area (Å²) in [6.07, 6.45) is 2.71.